The Balaban J connectivity index is 1.77. The van der Waals surface area contributed by atoms with Crippen molar-refractivity contribution < 1.29 is 27.1 Å². The lowest BCUT2D eigenvalue weighted by molar-refractivity contribution is -0.612. The van der Waals surface area contributed by atoms with Crippen LogP contribution in [0.25, 0.3) is 10.8 Å². The second-order valence-corrected chi connectivity index (χ2v) is 12.6. The van der Waals surface area contributed by atoms with E-state index in [9.17, 15) is 22.8 Å². The van der Waals surface area contributed by atoms with Gasteiger partial charge in [0.15, 0.2) is 11.9 Å². The maximum Gasteiger partial charge on any atom is 0.407 e. The molecular formula is C24H32FN3O5S. The maximum absolute atomic E-state index is 14.2. The number of fused-ring (bicyclic) bond motifs is 2. The summed E-state index contributed by atoms with van der Waals surface area (Å²) in [4.78, 5) is 12.4. The number of nitrogens with zero attached hydrogens (tertiary/aromatic N) is 1. The van der Waals surface area contributed by atoms with E-state index in [1.54, 1.807) is 26.8 Å². The molecule has 0 saturated heterocycles. The van der Waals surface area contributed by atoms with Crippen LogP contribution < -0.4 is 14.8 Å². The van der Waals surface area contributed by atoms with E-state index in [4.69, 9.17) is 4.74 Å². The zero-order valence-corrected chi connectivity index (χ0v) is 21.0. The third-order valence-corrected chi connectivity index (χ3v) is 7.46. The molecule has 1 aromatic carbocycles. The van der Waals surface area contributed by atoms with Gasteiger partial charge in [0.05, 0.1) is 4.90 Å². The van der Waals surface area contributed by atoms with Crippen LogP contribution in [-0.4, -0.2) is 38.4 Å². The normalized spacial score (nSPS) is 18.7. The molecule has 1 fully saturated rings. The van der Waals surface area contributed by atoms with Crippen molar-refractivity contribution in [2.24, 2.45) is 0 Å². The minimum absolute atomic E-state index is 0.0558. The molecule has 8 nitrogen and oxygen atoms in total. The summed E-state index contributed by atoms with van der Waals surface area (Å²) >= 11 is 0. The summed E-state index contributed by atoms with van der Waals surface area (Å²) in [6.45, 7) is 7.51. The number of amides is 1. The number of carbonyl (C=O) groups is 1. The maximum atomic E-state index is 14.2. The highest BCUT2D eigenvalue weighted by Crippen LogP contribution is 2.41. The first-order valence-electron chi connectivity index (χ1n) is 11.5. The quantitative estimate of drug-likeness (QED) is 0.473. The number of alkyl halides is 1. The van der Waals surface area contributed by atoms with Gasteiger partial charge in [-0.05, 0) is 77.5 Å². The molecule has 1 amide bonds. The highest BCUT2D eigenvalue weighted by atomic mass is 32.2. The lowest BCUT2D eigenvalue weighted by Crippen LogP contribution is -2.39. The predicted octanol–water partition coefficient (Wildman–Crippen LogP) is 3.37. The molecule has 0 aliphatic heterocycles. The number of ether oxygens (including phenoxy) is 1. The molecule has 0 spiro atoms. The van der Waals surface area contributed by atoms with Crippen LogP contribution in [0.15, 0.2) is 23.2 Å². The lowest BCUT2D eigenvalue weighted by atomic mass is 10.0. The van der Waals surface area contributed by atoms with Gasteiger partial charge in [0.25, 0.3) is 0 Å². The van der Waals surface area contributed by atoms with Gasteiger partial charge in [-0.2, -0.15) is 4.73 Å². The van der Waals surface area contributed by atoms with Crippen molar-refractivity contribution >= 4 is 26.9 Å². The minimum atomic E-state index is -4.11. The first-order chi connectivity index (χ1) is 15.6. The SMILES string of the molecule is CC(C)(F)CNS(=O)(=O)c1c2c(cc3c[n+]([O-])c(C4CC4)cc13)CC(NC(=O)OC(C)(C)C)C2. The number of carbonyl (C=O) groups excluding carboxylic acids is 1. The number of hydrogen-bond donors (Lipinski definition) is 2. The first kappa shape index (κ1) is 24.7. The van der Waals surface area contributed by atoms with Gasteiger partial charge in [-0.25, -0.2) is 22.3 Å². The Kier molecular flexibility index (Phi) is 6.05. The molecule has 34 heavy (non-hydrogen) atoms. The summed E-state index contributed by atoms with van der Waals surface area (Å²) in [6.07, 6.45) is 3.28. The molecule has 2 aromatic rings. The molecule has 10 heteroatoms. The Morgan fingerprint density at radius 3 is 2.47 bits per heavy atom. The third-order valence-electron chi connectivity index (χ3n) is 5.93. The van der Waals surface area contributed by atoms with Crippen LogP contribution in [0, 0.1) is 5.21 Å². The number of hydrogen-bond acceptors (Lipinski definition) is 5. The number of nitrogens with one attached hydrogen (secondary N) is 2. The van der Waals surface area contributed by atoms with Gasteiger partial charge >= 0.3 is 6.09 Å². The minimum Gasteiger partial charge on any atom is -0.618 e. The van der Waals surface area contributed by atoms with Crippen molar-refractivity contribution in [3.63, 3.8) is 0 Å². The van der Waals surface area contributed by atoms with E-state index < -0.39 is 27.4 Å². The zero-order valence-electron chi connectivity index (χ0n) is 20.2. The standard InChI is InChI=1S/C24H32FN3O5S/c1-23(2,3)33-22(29)27-17-9-15-8-16-12-28(30)20(14-6-7-14)11-19(16)21(18(15)10-17)34(31,32)26-13-24(4,5)25/h8,11-12,14,17,26H,6-7,9-10,13H2,1-5H3,(H,27,29). The molecule has 1 unspecified atom stereocenters. The van der Waals surface area contributed by atoms with E-state index in [2.05, 4.69) is 10.0 Å². The summed E-state index contributed by atoms with van der Waals surface area (Å²) in [5.74, 6) is 0.116. The van der Waals surface area contributed by atoms with Crippen LogP contribution in [0.2, 0.25) is 0 Å². The predicted molar refractivity (Wildman–Crippen MR) is 126 cm³/mol. The largest absolute Gasteiger partial charge is 0.618 e. The topological polar surface area (TPSA) is 111 Å². The molecule has 2 aliphatic carbocycles. The monoisotopic (exact) mass is 493 g/mol. The van der Waals surface area contributed by atoms with Gasteiger partial charge in [-0.15, -0.1) is 0 Å². The molecule has 1 atom stereocenters. The van der Waals surface area contributed by atoms with E-state index in [0.717, 1.165) is 23.1 Å². The number of halogens is 1. The van der Waals surface area contributed by atoms with Crippen LogP contribution in [0.1, 0.15) is 70.2 Å². The van der Waals surface area contributed by atoms with Crippen LogP contribution in [0.5, 0.6) is 0 Å². The first-order valence-corrected chi connectivity index (χ1v) is 13.0. The van der Waals surface area contributed by atoms with Crippen LogP contribution in [-0.2, 0) is 27.6 Å². The van der Waals surface area contributed by atoms with Gasteiger partial charge in [0, 0.05) is 35.3 Å². The van der Waals surface area contributed by atoms with Crippen molar-refractivity contribution in [1.82, 2.24) is 10.0 Å². The smallest absolute Gasteiger partial charge is 0.407 e. The van der Waals surface area contributed by atoms with Crippen LogP contribution in [0.3, 0.4) is 0 Å². The Hall–Kier alpha value is -2.46. The molecule has 186 valence electrons. The molecule has 2 N–H and O–H groups in total. The van der Waals surface area contributed by atoms with Crippen molar-refractivity contribution in [3.05, 3.63) is 40.4 Å². The highest BCUT2D eigenvalue weighted by Gasteiger charge is 2.36. The fourth-order valence-electron chi connectivity index (χ4n) is 4.35. The molecule has 1 saturated carbocycles. The van der Waals surface area contributed by atoms with Gasteiger partial charge in [-0.3, -0.25) is 0 Å². The molecular weight excluding hydrogens is 461 g/mol. The number of sulfonamides is 1. The van der Waals surface area contributed by atoms with E-state index in [1.165, 1.54) is 20.0 Å². The van der Waals surface area contributed by atoms with Gasteiger partial charge in [-0.1, -0.05) is 0 Å². The van der Waals surface area contributed by atoms with Crippen LogP contribution >= 0.6 is 0 Å². The summed E-state index contributed by atoms with van der Waals surface area (Å²) in [7, 11) is -4.11. The Labute approximate surface area is 199 Å². The van der Waals surface area contributed by atoms with Crippen molar-refractivity contribution in [2.45, 2.75) is 88.4 Å². The molecule has 1 aromatic heterocycles. The van der Waals surface area contributed by atoms with Crippen molar-refractivity contribution in [2.75, 3.05) is 6.54 Å². The molecule has 4 rings (SSSR count). The number of rotatable bonds is 6. The van der Waals surface area contributed by atoms with E-state index in [-0.39, 0.29) is 29.8 Å². The Morgan fingerprint density at radius 1 is 1.21 bits per heavy atom. The molecule has 0 radical (unpaired) electrons. The average molecular weight is 494 g/mol. The van der Waals surface area contributed by atoms with E-state index >= 15 is 0 Å². The second kappa shape index (κ2) is 8.34. The summed E-state index contributed by atoms with van der Waals surface area (Å²) in [6, 6.07) is 3.10. The summed E-state index contributed by atoms with van der Waals surface area (Å²) in [5, 5.41) is 16.4. The lowest BCUT2D eigenvalue weighted by Gasteiger charge is -2.21. The number of alkyl carbamates (subject to hydrolysis) is 1. The van der Waals surface area contributed by atoms with Gasteiger partial charge in [0.2, 0.25) is 10.0 Å². The zero-order chi connectivity index (χ0) is 25.1. The Bertz CT molecular complexity index is 1240. The summed E-state index contributed by atoms with van der Waals surface area (Å²) in [5.41, 5.74) is -0.561. The van der Waals surface area contributed by atoms with Crippen molar-refractivity contribution in [3.8, 4) is 0 Å². The van der Waals surface area contributed by atoms with Gasteiger partial charge in [0.1, 0.15) is 11.3 Å². The highest BCUT2D eigenvalue weighted by molar-refractivity contribution is 7.89. The third kappa shape index (κ3) is 5.43. The van der Waals surface area contributed by atoms with E-state index in [0.29, 0.717) is 28.5 Å². The Morgan fingerprint density at radius 2 is 1.88 bits per heavy atom. The fraction of sp³-hybridized carbons (Fsp3) is 0.583. The van der Waals surface area contributed by atoms with Gasteiger partial charge < -0.3 is 15.3 Å². The second-order valence-electron chi connectivity index (χ2n) is 10.9. The summed E-state index contributed by atoms with van der Waals surface area (Å²) < 4.78 is 49.7. The van der Waals surface area contributed by atoms with Crippen LogP contribution in [0.4, 0.5) is 9.18 Å². The number of aromatic nitrogens is 1. The number of benzene rings is 1. The van der Waals surface area contributed by atoms with E-state index in [1.807, 2.05) is 6.07 Å². The molecule has 2 aliphatic rings. The molecule has 0 bridgehead atoms. The fourth-order valence-corrected chi connectivity index (χ4v) is 6.03. The number of pyridine rings is 1. The molecule has 1 heterocycles. The average Bonchev–Trinajstić information content (AvgIpc) is 3.42. The van der Waals surface area contributed by atoms with Crippen molar-refractivity contribution in [1.29, 1.82) is 0 Å².